The van der Waals surface area contributed by atoms with Crippen LogP contribution < -0.4 is 10.6 Å². The van der Waals surface area contributed by atoms with E-state index in [0.717, 1.165) is 10.3 Å². The number of carbonyl (C=O) groups is 2. The summed E-state index contributed by atoms with van der Waals surface area (Å²) in [5, 5.41) is 7.76. The van der Waals surface area contributed by atoms with Gasteiger partial charge < -0.3 is 10.6 Å². The van der Waals surface area contributed by atoms with Gasteiger partial charge in [-0.1, -0.05) is 30.3 Å². The van der Waals surface area contributed by atoms with E-state index in [1.807, 2.05) is 18.2 Å². The maximum atomic E-state index is 12.1. The number of fused-ring (bicyclic) bond motifs is 1. The van der Waals surface area contributed by atoms with Crippen molar-refractivity contribution in [1.82, 2.24) is 5.32 Å². The summed E-state index contributed by atoms with van der Waals surface area (Å²) < 4.78 is 0. The molecule has 126 valence electrons. The third-order valence-corrected chi connectivity index (χ3v) is 4.74. The predicted molar refractivity (Wildman–Crippen MR) is 103 cm³/mol. The van der Waals surface area contributed by atoms with E-state index in [9.17, 15) is 9.59 Å². The largest absolute Gasteiger partial charge is 0.355 e. The summed E-state index contributed by atoms with van der Waals surface area (Å²) in [7, 11) is 1.59. The minimum Gasteiger partial charge on any atom is -0.355 e. The Kier molecular flexibility index (Phi) is 5.36. The predicted octanol–water partition coefficient (Wildman–Crippen LogP) is 3.93. The quantitative estimate of drug-likeness (QED) is 0.686. The Morgan fingerprint density at radius 3 is 2.36 bits per heavy atom. The minimum atomic E-state index is -0.148. The first kappa shape index (κ1) is 17.0. The van der Waals surface area contributed by atoms with Crippen LogP contribution in [-0.4, -0.2) is 24.6 Å². The van der Waals surface area contributed by atoms with E-state index < -0.39 is 0 Å². The van der Waals surface area contributed by atoms with E-state index >= 15 is 0 Å². The number of hydrogen-bond donors (Lipinski definition) is 2. The summed E-state index contributed by atoms with van der Waals surface area (Å²) in [5.74, 6) is 0.103. The second kappa shape index (κ2) is 7.85. The van der Waals surface area contributed by atoms with Gasteiger partial charge in [-0.15, -0.1) is 11.8 Å². The summed E-state index contributed by atoms with van der Waals surface area (Å²) in [4.78, 5) is 24.7. The van der Waals surface area contributed by atoms with Crippen LogP contribution in [0.4, 0.5) is 5.69 Å². The van der Waals surface area contributed by atoms with Crippen molar-refractivity contribution in [3.63, 3.8) is 0 Å². The number of rotatable bonds is 5. The molecule has 0 aliphatic rings. The summed E-state index contributed by atoms with van der Waals surface area (Å²) in [5.41, 5.74) is 1.24. The highest BCUT2D eigenvalue weighted by atomic mass is 32.2. The lowest BCUT2D eigenvalue weighted by atomic mass is 10.1. The highest BCUT2D eigenvalue weighted by Crippen LogP contribution is 2.23. The van der Waals surface area contributed by atoms with Crippen molar-refractivity contribution in [2.75, 3.05) is 18.1 Å². The topological polar surface area (TPSA) is 58.2 Å². The molecule has 3 rings (SSSR count). The molecule has 0 saturated heterocycles. The van der Waals surface area contributed by atoms with Crippen molar-refractivity contribution in [3.05, 3.63) is 72.3 Å². The number of benzene rings is 3. The van der Waals surface area contributed by atoms with Gasteiger partial charge in [-0.05, 0) is 47.2 Å². The number of amides is 2. The zero-order valence-electron chi connectivity index (χ0n) is 13.8. The molecule has 0 radical (unpaired) electrons. The molecule has 2 N–H and O–H groups in total. The average molecular weight is 350 g/mol. The van der Waals surface area contributed by atoms with Crippen molar-refractivity contribution in [1.29, 1.82) is 0 Å². The lowest BCUT2D eigenvalue weighted by Gasteiger charge is -2.07. The lowest BCUT2D eigenvalue weighted by Crippen LogP contribution is -2.18. The Hall–Kier alpha value is -2.79. The van der Waals surface area contributed by atoms with Gasteiger partial charge in [0, 0.05) is 23.2 Å². The van der Waals surface area contributed by atoms with E-state index in [1.54, 1.807) is 31.3 Å². The summed E-state index contributed by atoms with van der Waals surface area (Å²) in [6, 6.07) is 21.1. The molecular weight excluding hydrogens is 332 g/mol. The highest BCUT2D eigenvalue weighted by molar-refractivity contribution is 8.00. The third kappa shape index (κ3) is 4.39. The van der Waals surface area contributed by atoms with E-state index in [1.165, 1.54) is 17.1 Å². The summed E-state index contributed by atoms with van der Waals surface area (Å²) in [6.07, 6.45) is 0. The van der Waals surface area contributed by atoms with Gasteiger partial charge >= 0.3 is 0 Å². The van der Waals surface area contributed by atoms with Crippen molar-refractivity contribution in [2.24, 2.45) is 0 Å². The first-order valence-electron chi connectivity index (χ1n) is 7.89. The van der Waals surface area contributed by atoms with E-state index in [-0.39, 0.29) is 11.8 Å². The van der Waals surface area contributed by atoms with Crippen LogP contribution in [0.25, 0.3) is 10.8 Å². The number of anilines is 1. The van der Waals surface area contributed by atoms with Gasteiger partial charge in [-0.2, -0.15) is 0 Å². The minimum absolute atomic E-state index is 0.0779. The standard InChI is InChI=1S/C20H18N2O2S/c1-21-20(24)15-6-9-17(10-7-15)22-19(23)13-25-18-11-8-14-4-2-3-5-16(14)12-18/h2-12H,13H2,1H3,(H,21,24)(H,22,23). The maximum Gasteiger partial charge on any atom is 0.251 e. The van der Waals surface area contributed by atoms with Gasteiger partial charge in [0.15, 0.2) is 0 Å². The highest BCUT2D eigenvalue weighted by Gasteiger charge is 2.06. The smallest absolute Gasteiger partial charge is 0.251 e. The molecule has 0 saturated carbocycles. The Bertz CT molecular complexity index is 907. The molecule has 2 amide bonds. The molecule has 0 atom stereocenters. The molecule has 5 heteroatoms. The fourth-order valence-electron chi connectivity index (χ4n) is 2.45. The summed E-state index contributed by atoms with van der Waals surface area (Å²) in [6.45, 7) is 0. The summed E-state index contributed by atoms with van der Waals surface area (Å²) >= 11 is 1.50. The Morgan fingerprint density at radius 2 is 1.64 bits per heavy atom. The molecule has 0 heterocycles. The van der Waals surface area contributed by atoms with Crippen LogP contribution in [0.1, 0.15) is 10.4 Å². The van der Waals surface area contributed by atoms with Crippen LogP contribution in [-0.2, 0) is 4.79 Å². The number of thioether (sulfide) groups is 1. The monoisotopic (exact) mass is 350 g/mol. The molecule has 3 aromatic rings. The SMILES string of the molecule is CNC(=O)c1ccc(NC(=O)CSc2ccc3ccccc3c2)cc1. The lowest BCUT2D eigenvalue weighted by molar-refractivity contribution is -0.113. The third-order valence-electron chi connectivity index (χ3n) is 3.75. The molecule has 25 heavy (non-hydrogen) atoms. The maximum absolute atomic E-state index is 12.1. The Morgan fingerprint density at radius 1 is 0.920 bits per heavy atom. The molecule has 0 aliphatic heterocycles. The fourth-order valence-corrected chi connectivity index (χ4v) is 3.20. The van der Waals surface area contributed by atoms with E-state index in [0.29, 0.717) is 17.0 Å². The van der Waals surface area contributed by atoms with Crippen LogP contribution in [0.5, 0.6) is 0 Å². The van der Waals surface area contributed by atoms with Crippen LogP contribution in [0.2, 0.25) is 0 Å². The van der Waals surface area contributed by atoms with Gasteiger partial charge in [-0.3, -0.25) is 9.59 Å². The molecule has 0 fully saturated rings. The van der Waals surface area contributed by atoms with E-state index in [2.05, 4.69) is 34.9 Å². The average Bonchev–Trinajstić information content (AvgIpc) is 2.66. The zero-order valence-corrected chi connectivity index (χ0v) is 14.6. The van der Waals surface area contributed by atoms with Crippen molar-refractivity contribution in [3.8, 4) is 0 Å². The number of carbonyl (C=O) groups excluding carboxylic acids is 2. The molecule has 0 aliphatic carbocycles. The second-order valence-corrected chi connectivity index (χ2v) is 6.55. The normalized spacial score (nSPS) is 10.4. The fraction of sp³-hybridized carbons (Fsp3) is 0.100. The molecule has 0 bridgehead atoms. The number of nitrogens with one attached hydrogen (secondary N) is 2. The first-order chi connectivity index (χ1) is 12.2. The molecular formula is C20H18N2O2S. The molecule has 0 unspecified atom stereocenters. The molecule has 0 aromatic heterocycles. The molecule has 0 spiro atoms. The second-order valence-electron chi connectivity index (χ2n) is 5.50. The van der Waals surface area contributed by atoms with Crippen molar-refractivity contribution < 1.29 is 9.59 Å². The van der Waals surface area contributed by atoms with Crippen molar-refractivity contribution >= 4 is 40.0 Å². The van der Waals surface area contributed by atoms with Gasteiger partial charge in [0.05, 0.1) is 5.75 Å². The van der Waals surface area contributed by atoms with Crippen molar-refractivity contribution in [2.45, 2.75) is 4.90 Å². The van der Waals surface area contributed by atoms with Crippen LogP contribution >= 0.6 is 11.8 Å². The Labute approximate surface area is 150 Å². The van der Waals surface area contributed by atoms with Crippen LogP contribution in [0.15, 0.2) is 71.6 Å². The Balaban J connectivity index is 1.57. The molecule has 3 aromatic carbocycles. The van der Waals surface area contributed by atoms with Crippen LogP contribution in [0, 0.1) is 0 Å². The number of hydrogen-bond acceptors (Lipinski definition) is 3. The molecule has 4 nitrogen and oxygen atoms in total. The first-order valence-corrected chi connectivity index (χ1v) is 8.88. The van der Waals surface area contributed by atoms with E-state index in [4.69, 9.17) is 0 Å². The van der Waals surface area contributed by atoms with Gasteiger partial charge in [0.25, 0.3) is 5.91 Å². The van der Waals surface area contributed by atoms with Gasteiger partial charge in [-0.25, -0.2) is 0 Å². The zero-order chi connectivity index (χ0) is 17.6. The van der Waals surface area contributed by atoms with Crippen LogP contribution in [0.3, 0.4) is 0 Å². The van der Waals surface area contributed by atoms with Gasteiger partial charge in [0.1, 0.15) is 0 Å². The van der Waals surface area contributed by atoms with Gasteiger partial charge in [0.2, 0.25) is 5.91 Å².